The number of nitrogens with one attached hydrogen (secondary N) is 1. The molecule has 0 aromatic carbocycles. The average molecular weight is 284 g/mol. The third-order valence-corrected chi connectivity index (χ3v) is 2.19. The van der Waals surface area contributed by atoms with Gasteiger partial charge in [0.25, 0.3) is 0 Å². The highest BCUT2D eigenvalue weighted by Gasteiger charge is 2.29. The number of rotatable bonds is 4. The number of carbonyl (C=O) groups excluding carboxylic acids is 2. The monoisotopic (exact) mass is 284 g/mol. The molecule has 1 N–H and O–H groups in total. The molecule has 0 fully saturated rings. The summed E-state index contributed by atoms with van der Waals surface area (Å²) in [6, 6.07) is -0.850. The molecular weight excluding hydrogens is 264 g/mol. The van der Waals surface area contributed by atoms with Crippen LogP contribution in [0.1, 0.15) is 34.6 Å². The Hall–Kier alpha value is -2.05. The lowest BCUT2D eigenvalue weighted by molar-refractivity contribution is -0.139. The third-order valence-electron chi connectivity index (χ3n) is 2.19. The van der Waals surface area contributed by atoms with E-state index in [1.807, 2.05) is 0 Å². The third kappa shape index (κ3) is 5.29. The zero-order valence-corrected chi connectivity index (χ0v) is 12.3. The Labute approximate surface area is 117 Å². The van der Waals surface area contributed by atoms with Crippen molar-refractivity contribution in [1.82, 2.24) is 10.3 Å². The predicted octanol–water partition coefficient (Wildman–Crippen LogP) is 2.13. The molecule has 0 bridgehead atoms. The van der Waals surface area contributed by atoms with Crippen molar-refractivity contribution in [3.8, 4) is 6.08 Å². The maximum absolute atomic E-state index is 12.0. The first kappa shape index (κ1) is 16.0. The Morgan fingerprint density at radius 1 is 1.35 bits per heavy atom. The van der Waals surface area contributed by atoms with Gasteiger partial charge in [0.15, 0.2) is 0 Å². The minimum absolute atomic E-state index is 0.161. The normalized spacial score (nSPS) is 12.9. The summed E-state index contributed by atoms with van der Waals surface area (Å²) in [5, 5.41) is 2.48. The zero-order chi connectivity index (χ0) is 15.3. The maximum Gasteiger partial charge on any atom is 0.408 e. The molecule has 7 nitrogen and oxygen atoms in total. The number of aromatic nitrogens is 1. The molecule has 112 valence electrons. The molecule has 0 spiro atoms. The largest absolute Gasteiger partial charge is 0.444 e. The number of hydrogen-bond donors (Lipinski definition) is 1. The smallest absolute Gasteiger partial charge is 0.408 e. The van der Waals surface area contributed by atoms with Gasteiger partial charge in [0.1, 0.15) is 17.9 Å². The van der Waals surface area contributed by atoms with Crippen LogP contribution in [0.2, 0.25) is 0 Å². The van der Waals surface area contributed by atoms with E-state index in [0.29, 0.717) is 0 Å². The molecule has 1 aromatic heterocycles. The topological polar surface area (TPSA) is 90.7 Å². The lowest BCUT2D eigenvalue weighted by atomic mass is 10.1. The lowest BCUT2D eigenvalue weighted by Gasteiger charge is -2.24. The van der Waals surface area contributed by atoms with Crippen molar-refractivity contribution in [2.24, 2.45) is 5.92 Å². The average Bonchev–Trinajstić information content (AvgIpc) is 2.75. The molecule has 1 amide bonds. The molecule has 0 radical (unpaired) electrons. The Kier molecular flexibility index (Phi) is 5.12. The van der Waals surface area contributed by atoms with Gasteiger partial charge < -0.3 is 19.2 Å². The summed E-state index contributed by atoms with van der Waals surface area (Å²) >= 11 is 0. The van der Waals surface area contributed by atoms with Gasteiger partial charge in [-0.3, -0.25) is 0 Å². The maximum atomic E-state index is 12.0. The number of alkyl carbamates (subject to hydrolysis) is 1. The van der Waals surface area contributed by atoms with Crippen molar-refractivity contribution in [3.63, 3.8) is 0 Å². The van der Waals surface area contributed by atoms with Crippen molar-refractivity contribution in [3.05, 3.63) is 12.5 Å². The summed E-state index contributed by atoms with van der Waals surface area (Å²) in [4.78, 5) is 27.3. The molecule has 0 aliphatic rings. The zero-order valence-electron chi connectivity index (χ0n) is 12.3. The number of nitrogens with zero attached hydrogens (tertiary/aromatic N) is 1. The molecular formula is C13H20N2O5. The predicted molar refractivity (Wildman–Crippen MR) is 70.1 cm³/mol. The van der Waals surface area contributed by atoms with Crippen LogP contribution in [0.25, 0.3) is 0 Å². The van der Waals surface area contributed by atoms with Gasteiger partial charge in [-0.25, -0.2) is 9.59 Å². The highest BCUT2D eigenvalue weighted by Crippen LogP contribution is 2.12. The van der Waals surface area contributed by atoms with Crippen LogP contribution < -0.4 is 10.1 Å². The highest BCUT2D eigenvalue weighted by atomic mass is 16.6. The van der Waals surface area contributed by atoms with E-state index >= 15 is 0 Å². The van der Waals surface area contributed by atoms with E-state index in [1.165, 1.54) is 12.5 Å². The van der Waals surface area contributed by atoms with Gasteiger partial charge >= 0.3 is 18.1 Å². The molecule has 0 aliphatic carbocycles. The van der Waals surface area contributed by atoms with Crippen LogP contribution in [0, 0.1) is 5.92 Å². The van der Waals surface area contributed by atoms with Crippen molar-refractivity contribution in [2.45, 2.75) is 46.3 Å². The number of ether oxygens (including phenoxy) is 2. The molecule has 0 saturated carbocycles. The first-order valence-electron chi connectivity index (χ1n) is 6.30. The lowest BCUT2D eigenvalue weighted by Crippen LogP contribution is -2.48. The molecule has 7 heteroatoms. The second kappa shape index (κ2) is 6.40. The summed E-state index contributed by atoms with van der Waals surface area (Å²) in [5.74, 6) is -0.835. The summed E-state index contributed by atoms with van der Waals surface area (Å²) in [5.41, 5.74) is -0.641. The number of carbonyl (C=O) groups is 2. The van der Waals surface area contributed by atoms with Crippen molar-refractivity contribution < 1.29 is 23.5 Å². The number of esters is 1. The van der Waals surface area contributed by atoms with E-state index in [-0.39, 0.29) is 12.0 Å². The first-order valence-corrected chi connectivity index (χ1v) is 6.30. The minimum atomic E-state index is -0.850. The van der Waals surface area contributed by atoms with Gasteiger partial charge in [-0.1, -0.05) is 13.8 Å². The highest BCUT2D eigenvalue weighted by molar-refractivity contribution is 5.82. The fourth-order valence-corrected chi connectivity index (χ4v) is 1.34. The Morgan fingerprint density at radius 2 is 2.00 bits per heavy atom. The summed E-state index contributed by atoms with van der Waals surface area (Å²) in [6.07, 6.45) is 1.80. The molecule has 20 heavy (non-hydrogen) atoms. The molecule has 0 unspecified atom stereocenters. The first-order chi connectivity index (χ1) is 9.19. The fourth-order valence-electron chi connectivity index (χ4n) is 1.34. The molecule has 1 rings (SSSR count). The van der Waals surface area contributed by atoms with Crippen LogP contribution in [-0.2, 0) is 9.53 Å². The summed E-state index contributed by atoms with van der Waals surface area (Å²) in [7, 11) is 0. The van der Waals surface area contributed by atoms with Crippen LogP contribution in [0.15, 0.2) is 16.9 Å². The van der Waals surface area contributed by atoms with Gasteiger partial charge in [0, 0.05) is 0 Å². The molecule has 1 atom stereocenters. The molecule has 0 aliphatic heterocycles. The Bertz CT molecular complexity index is 448. The van der Waals surface area contributed by atoms with Gasteiger partial charge in [0.05, 0.1) is 6.20 Å². The second-order valence-corrected chi connectivity index (χ2v) is 5.59. The van der Waals surface area contributed by atoms with Crippen molar-refractivity contribution >= 4 is 12.1 Å². The van der Waals surface area contributed by atoms with Crippen LogP contribution in [0.4, 0.5) is 4.79 Å². The Balaban J connectivity index is 2.64. The molecule has 1 heterocycles. The van der Waals surface area contributed by atoms with Crippen LogP contribution in [0.3, 0.4) is 0 Å². The number of oxazole rings is 1. The van der Waals surface area contributed by atoms with Crippen molar-refractivity contribution in [2.75, 3.05) is 0 Å². The van der Waals surface area contributed by atoms with E-state index in [9.17, 15) is 9.59 Å². The standard InChI is InChI=1S/C13H20N2O5/c1-8(2)9(15-11(17)20-13(3,4)5)10(16)19-12-14-6-7-18-12/h6-9H,1-5H3,(H,15,17)/t9-/m0/s1. The van der Waals surface area contributed by atoms with Gasteiger partial charge in [-0.05, 0) is 26.7 Å². The Morgan fingerprint density at radius 3 is 2.45 bits per heavy atom. The van der Waals surface area contributed by atoms with E-state index in [1.54, 1.807) is 34.6 Å². The van der Waals surface area contributed by atoms with Crippen LogP contribution in [0.5, 0.6) is 6.08 Å². The van der Waals surface area contributed by atoms with Gasteiger partial charge in [0.2, 0.25) is 0 Å². The number of amides is 1. The second-order valence-electron chi connectivity index (χ2n) is 5.59. The quantitative estimate of drug-likeness (QED) is 0.852. The SMILES string of the molecule is CC(C)[C@H](NC(=O)OC(C)(C)C)C(=O)Oc1ncco1. The van der Waals surface area contributed by atoms with E-state index in [2.05, 4.69) is 10.3 Å². The minimum Gasteiger partial charge on any atom is -0.444 e. The van der Waals surface area contributed by atoms with Gasteiger partial charge in [-0.15, -0.1) is 0 Å². The number of hydrogen-bond acceptors (Lipinski definition) is 6. The van der Waals surface area contributed by atoms with E-state index < -0.39 is 23.7 Å². The van der Waals surface area contributed by atoms with E-state index in [0.717, 1.165) is 0 Å². The van der Waals surface area contributed by atoms with Gasteiger partial charge in [-0.2, -0.15) is 4.98 Å². The summed E-state index contributed by atoms with van der Waals surface area (Å²) in [6.45, 7) is 8.77. The molecule has 0 saturated heterocycles. The summed E-state index contributed by atoms with van der Waals surface area (Å²) < 4.78 is 14.9. The van der Waals surface area contributed by atoms with Crippen molar-refractivity contribution in [1.29, 1.82) is 0 Å². The van der Waals surface area contributed by atoms with Crippen LogP contribution in [-0.4, -0.2) is 28.7 Å². The fraction of sp³-hybridized carbons (Fsp3) is 0.615. The molecule has 1 aromatic rings. The van der Waals surface area contributed by atoms with E-state index in [4.69, 9.17) is 13.9 Å². The van der Waals surface area contributed by atoms with Crippen LogP contribution >= 0.6 is 0 Å².